The molecule has 0 spiro atoms. The number of phosphoric ester groups is 1. The molecule has 13 heteroatoms. The maximum atomic E-state index is 14.0. The summed E-state index contributed by atoms with van der Waals surface area (Å²) in [5, 5.41) is 6.32. The Morgan fingerprint density at radius 2 is 1.32 bits per heavy atom. The van der Waals surface area contributed by atoms with Crippen LogP contribution in [0.3, 0.4) is 0 Å². The molecule has 2 aliphatic rings. The second-order valence-corrected chi connectivity index (χ2v) is 8.95. The Morgan fingerprint density at radius 3 is 1.74 bits per heavy atom. The van der Waals surface area contributed by atoms with Crippen molar-refractivity contribution in [2.75, 3.05) is 73.9 Å². The Labute approximate surface area is 222 Å². The van der Waals surface area contributed by atoms with Crippen molar-refractivity contribution in [2.45, 2.75) is 0 Å². The molecule has 0 bridgehead atoms. The first kappa shape index (κ1) is 31.5. The molecule has 212 valence electrons. The lowest BCUT2D eigenvalue weighted by Gasteiger charge is -2.11. The largest absolute Gasteiger partial charge is 0.524 e. The maximum Gasteiger partial charge on any atom is 0.524 e. The lowest BCUT2D eigenvalue weighted by atomic mass is 10.1. The van der Waals surface area contributed by atoms with Crippen LogP contribution in [-0.4, -0.2) is 83.7 Å². The zero-order valence-electron chi connectivity index (χ0n) is 21.8. The van der Waals surface area contributed by atoms with Gasteiger partial charge in [0, 0.05) is 26.2 Å². The number of nitrogens with one attached hydrogen (secondary N) is 2. The number of rotatable bonds is 7. The molecule has 0 atom stereocenters. The molecular formula is C25H36FN2O9P. The molecule has 4 N–H and O–H groups in total. The summed E-state index contributed by atoms with van der Waals surface area (Å²) in [6.07, 6.45) is 3.22. The van der Waals surface area contributed by atoms with Crippen molar-refractivity contribution in [1.29, 1.82) is 0 Å². The lowest BCUT2D eigenvalue weighted by Crippen LogP contribution is -2.30. The topological polar surface area (TPSA) is 137 Å². The first-order chi connectivity index (χ1) is 18.3. The van der Waals surface area contributed by atoms with Crippen LogP contribution in [0, 0.1) is 5.82 Å². The molecule has 2 aromatic rings. The van der Waals surface area contributed by atoms with E-state index in [-0.39, 0.29) is 23.0 Å². The van der Waals surface area contributed by atoms with Gasteiger partial charge in [-0.15, -0.1) is 0 Å². The van der Waals surface area contributed by atoms with E-state index in [0.29, 0.717) is 11.1 Å². The summed E-state index contributed by atoms with van der Waals surface area (Å²) in [6, 6.07) is 7.41. The number of morpholine rings is 2. The van der Waals surface area contributed by atoms with Gasteiger partial charge in [-0.2, -0.15) is 0 Å². The van der Waals surface area contributed by atoms with Crippen LogP contribution in [0.25, 0.3) is 12.2 Å². The van der Waals surface area contributed by atoms with Gasteiger partial charge in [-0.25, -0.2) is 8.96 Å². The van der Waals surface area contributed by atoms with Crippen LogP contribution in [0.15, 0.2) is 30.3 Å². The fraction of sp³-hybridized carbons (Fsp3) is 0.440. The molecule has 2 aromatic carbocycles. The van der Waals surface area contributed by atoms with Gasteiger partial charge in [-0.05, 0) is 35.4 Å². The standard InChI is InChI=1S/C17H18FO7P.2C4H9NO/c1-22-14-7-6-11(9-15(14)25-26(19,20)21)4-5-12-8-13(18)17(24-3)16(10-12)23-2;2*1-3-6-4-2-5-1/h4-10H,1-3H3,(H2,19,20,21);2*5H,1-4H2/b5-4-;;. The highest BCUT2D eigenvalue weighted by Crippen LogP contribution is 2.42. The lowest BCUT2D eigenvalue weighted by molar-refractivity contribution is 0.109. The third-order valence-electron chi connectivity index (χ3n) is 5.02. The zero-order chi connectivity index (χ0) is 27.8. The van der Waals surface area contributed by atoms with E-state index in [1.165, 1.54) is 39.5 Å². The van der Waals surface area contributed by atoms with Crippen molar-refractivity contribution < 1.29 is 47.0 Å². The summed E-state index contributed by atoms with van der Waals surface area (Å²) in [5.41, 5.74) is 1.07. The maximum absolute atomic E-state index is 14.0. The molecule has 2 fully saturated rings. The van der Waals surface area contributed by atoms with E-state index in [4.69, 9.17) is 33.5 Å². The smallest absolute Gasteiger partial charge is 0.493 e. The Bertz CT molecular complexity index is 1020. The van der Waals surface area contributed by atoms with E-state index in [1.54, 1.807) is 24.3 Å². The number of halogens is 1. The van der Waals surface area contributed by atoms with Crippen molar-refractivity contribution in [2.24, 2.45) is 0 Å². The molecule has 2 aliphatic heterocycles. The Hall–Kier alpha value is -2.70. The van der Waals surface area contributed by atoms with Crippen molar-refractivity contribution in [3.8, 4) is 23.0 Å². The van der Waals surface area contributed by atoms with Gasteiger partial charge >= 0.3 is 7.82 Å². The molecule has 4 rings (SSSR count). The van der Waals surface area contributed by atoms with Crippen molar-refractivity contribution in [3.63, 3.8) is 0 Å². The SMILES string of the molecule is C1COCCN1.C1COCCN1.COc1ccc(/C=C\c2cc(F)c(OC)c(OC)c2)cc1OP(=O)(O)O. The predicted molar refractivity (Wildman–Crippen MR) is 141 cm³/mol. The minimum atomic E-state index is -4.74. The summed E-state index contributed by atoms with van der Waals surface area (Å²) >= 11 is 0. The van der Waals surface area contributed by atoms with Gasteiger partial charge in [-0.3, -0.25) is 9.79 Å². The number of ether oxygens (including phenoxy) is 5. The molecule has 0 saturated carbocycles. The second kappa shape index (κ2) is 17.0. The molecule has 11 nitrogen and oxygen atoms in total. The molecular weight excluding hydrogens is 522 g/mol. The number of benzene rings is 2. The van der Waals surface area contributed by atoms with Crippen LogP contribution in [0.1, 0.15) is 11.1 Å². The summed E-state index contributed by atoms with van der Waals surface area (Å²) in [6.45, 7) is 7.67. The Kier molecular flexibility index (Phi) is 14.1. The highest BCUT2D eigenvalue weighted by molar-refractivity contribution is 7.46. The van der Waals surface area contributed by atoms with E-state index in [2.05, 4.69) is 15.2 Å². The highest BCUT2D eigenvalue weighted by atomic mass is 31.2. The molecule has 38 heavy (non-hydrogen) atoms. The van der Waals surface area contributed by atoms with Gasteiger partial charge in [0.2, 0.25) is 0 Å². The quantitative estimate of drug-likeness (QED) is 0.295. The van der Waals surface area contributed by atoms with Gasteiger partial charge in [0.15, 0.2) is 28.8 Å². The van der Waals surface area contributed by atoms with Crippen LogP contribution in [0.4, 0.5) is 4.39 Å². The van der Waals surface area contributed by atoms with Crippen molar-refractivity contribution >= 4 is 20.0 Å². The Balaban J connectivity index is 0.000000341. The van der Waals surface area contributed by atoms with Crippen LogP contribution in [-0.2, 0) is 14.0 Å². The van der Waals surface area contributed by atoms with Crippen LogP contribution < -0.4 is 29.4 Å². The minimum Gasteiger partial charge on any atom is -0.493 e. The van der Waals surface area contributed by atoms with Crippen LogP contribution in [0.5, 0.6) is 23.0 Å². The Morgan fingerprint density at radius 1 is 0.789 bits per heavy atom. The first-order valence-corrected chi connectivity index (χ1v) is 13.4. The van der Waals surface area contributed by atoms with E-state index >= 15 is 0 Å². The van der Waals surface area contributed by atoms with Crippen LogP contribution in [0.2, 0.25) is 0 Å². The fourth-order valence-corrected chi connectivity index (χ4v) is 3.65. The van der Waals surface area contributed by atoms with E-state index in [1.807, 2.05) is 0 Å². The average Bonchev–Trinajstić information content (AvgIpc) is 2.93. The second-order valence-electron chi connectivity index (χ2n) is 7.79. The molecule has 0 unspecified atom stereocenters. The number of hydrogen-bond acceptors (Lipinski definition) is 9. The number of phosphoric acid groups is 1. The van der Waals surface area contributed by atoms with Crippen molar-refractivity contribution in [3.05, 3.63) is 47.3 Å². The number of hydrogen-bond donors (Lipinski definition) is 4. The van der Waals surface area contributed by atoms with Gasteiger partial charge in [-0.1, -0.05) is 18.2 Å². The van der Waals surface area contributed by atoms with Gasteiger partial charge in [0.1, 0.15) is 0 Å². The minimum absolute atomic E-state index is 0.00595. The summed E-state index contributed by atoms with van der Waals surface area (Å²) in [4.78, 5) is 18.0. The fourth-order valence-electron chi connectivity index (χ4n) is 3.25. The third kappa shape index (κ3) is 11.8. The van der Waals surface area contributed by atoms with E-state index < -0.39 is 13.6 Å². The van der Waals surface area contributed by atoms with Crippen molar-refractivity contribution in [1.82, 2.24) is 10.6 Å². The average molecular weight is 559 g/mol. The van der Waals surface area contributed by atoms with E-state index in [0.717, 1.165) is 52.6 Å². The van der Waals surface area contributed by atoms with Gasteiger partial charge in [0.05, 0.1) is 47.8 Å². The van der Waals surface area contributed by atoms with Gasteiger partial charge < -0.3 is 38.8 Å². The first-order valence-electron chi connectivity index (χ1n) is 11.9. The summed E-state index contributed by atoms with van der Waals surface area (Å²) < 4.78 is 54.7. The van der Waals surface area contributed by atoms with E-state index in [9.17, 15) is 8.96 Å². The summed E-state index contributed by atoms with van der Waals surface area (Å²) in [5.74, 6) is -0.269. The third-order valence-corrected chi connectivity index (χ3v) is 5.46. The molecule has 0 radical (unpaired) electrons. The molecule has 0 aromatic heterocycles. The molecule has 0 amide bonds. The number of methoxy groups -OCH3 is 3. The molecule has 2 saturated heterocycles. The molecule has 2 heterocycles. The zero-order valence-corrected chi connectivity index (χ0v) is 22.7. The normalized spacial score (nSPS) is 15.4. The van der Waals surface area contributed by atoms with Crippen LogP contribution >= 0.6 is 7.82 Å². The molecule has 0 aliphatic carbocycles. The monoisotopic (exact) mass is 558 g/mol. The summed E-state index contributed by atoms with van der Waals surface area (Å²) in [7, 11) is -0.638. The van der Waals surface area contributed by atoms with Gasteiger partial charge in [0.25, 0.3) is 0 Å². The predicted octanol–water partition coefficient (Wildman–Crippen LogP) is 2.71. The highest BCUT2D eigenvalue weighted by Gasteiger charge is 2.19.